The Morgan fingerprint density at radius 1 is 1.22 bits per heavy atom. The highest BCUT2D eigenvalue weighted by atomic mass is 32.2. The van der Waals surface area contributed by atoms with Crippen LogP contribution in [0, 0.1) is 6.92 Å². The van der Waals surface area contributed by atoms with E-state index in [0.717, 1.165) is 17.1 Å². The highest BCUT2D eigenvalue weighted by Gasteiger charge is 2.22. The Hall–Kier alpha value is -1.53. The summed E-state index contributed by atoms with van der Waals surface area (Å²) in [6, 6.07) is 6.70. The number of hydrogen-bond acceptors (Lipinski definition) is 5. The number of benzene rings is 1. The molecule has 0 amide bonds. The molecule has 0 bridgehead atoms. The summed E-state index contributed by atoms with van der Waals surface area (Å²) in [6.07, 6.45) is 3.44. The van der Waals surface area contributed by atoms with Gasteiger partial charge in [-0.3, -0.25) is 0 Å². The number of rotatable bonds is 3. The van der Waals surface area contributed by atoms with Crippen molar-refractivity contribution in [2.24, 2.45) is 0 Å². The zero-order valence-corrected chi connectivity index (χ0v) is 11.6. The first-order valence-corrected chi connectivity index (χ1v) is 7.58. The molecule has 2 aromatic rings. The third-order valence-corrected chi connectivity index (χ3v) is 5.15. The monoisotopic (exact) mass is 280 g/mol. The summed E-state index contributed by atoms with van der Waals surface area (Å²) in [6.45, 7) is 3.74. The van der Waals surface area contributed by atoms with Crippen LogP contribution in [0.15, 0.2) is 39.6 Å². The van der Waals surface area contributed by atoms with E-state index in [9.17, 15) is 8.42 Å². The minimum Gasteiger partial charge on any atom is -0.216 e. The maximum Gasteiger partial charge on any atom is 0.235 e. The van der Waals surface area contributed by atoms with Crippen molar-refractivity contribution >= 4 is 27.4 Å². The van der Waals surface area contributed by atoms with Crippen LogP contribution in [0.2, 0.25) is 0 Å². The predicted octanol–water partition coefficient (Wildman–Crippen LogP) is 2.71. The maximum absolute atomic E-state index is 12.2. The number of hydrogen-bond donors (Lipinski definition) is 0. The summed E-state index contributed by atoms with van der Waals surface area (Å²) in [5.74, 6) is 0.424. The van der Waals surface area contributed by atoms with Gasteiger partial charge in [0.25, 0.3) is 0 Å². The summed E-state index contributed by atoms with van der Waals surface area (Å²) in [7, 11) is -3.54. The summed E-state index contributed by atoms with van der Waals surface area (Å²) in [5.41, 5.74) is 1.01. The molecular formula is C12H12N2O2S2. The van der Waals surface area contributed by atoms with Gasteiger partial charge in [-0.05, 0) is 43.6 Å². The van der Waals surface area contributed by atoms with Crippen LogP contribution < -0.4 is 0 Å². The van der Waals surface area contributed by atoms with E-state index in [1.54, 1.807) is 36.4 Å². The second kappa shape index (κ2) is 4.99. The van der Waals surface area contributed by atoms with Gasteiger partial charge in [0.15, 0.2) is 5.82 Å². The second-order valence-electron chi connectivity index (χ2n) is 3.73. The molecule has 94 valence electrons. The van der Waals surface area contributed by atoms with Gasteiger partial charge >= 0.3 is 0 Å². The number of allylic oxidation sites excluding steroid dienone is 1. The molecular weight excluding hydrogens is 268 g/mol. The number of sulfone groups is 1. The minimum atomic E-state index is -3.54. The largest absolute Gasteiger partial charge is 0.235 e. The lowest BCUT2D eigenvalue weighted by Crippen LogP contribution is -2.01. The van der Waals surface area contributed by atoms with E-state index >= 15 is 0 Å². The Labute approximate surface area is 110 Å². The minimum absolute atomic E-state index is 0.0273. The maximum atomic E-state index is 12.2. The fourth-order valence-corrected chi connectivity index (χ4v) is 3.47. The van der Waals surface area contributed by atoms with Crippen LogP contribution in [-0.2, 0) is 9.84 Å². The van der Waals surface area contributed by atoms with Gasteiger partial charge in [-0.25, -0.2) is 13.4 Å². The molecule has 0 atom stereocenters. The Morgan fingerprint density at radius 3 is 2.50 bits per heavy atom. The fraction of sp³-hybridized carbons (Fsp3) is 0.167. The van der Waals surface area contributed by atoms with Gasteiger partial charge in [0, 0.05) is 0 Å². The van der Waals surface area contributed by atoms with Crippen LogP contribution >= 0.6 is 11.5 Å². The lowest BCUT2D eigenvalue weighted by Gasteiger charge is -2.00. The molecule has 1 aromatic heterocycles. The molecule has 0 spiro atoms. The van der Waals surface area contributed by atoms with Crippen LogP contribution in [0.4, 0.5) is 0 Å². The molecule has 1 aromatic carbocycles. The lowest BCUT2D eigenvalue weighted by atomic mass is 10.2. The van der Waals surface area contributed by atoms with Crippen LogP contribution in [0.25, 0.3) is 6.08 Å². The van der Waals surface area contributed by atoms with E-state index in [1.165, 1.54) is 0 Å². The van der Waals surface area contributed by atoms with Gasteiger partial charge in [-0.2, -0.15) is 4.37 Å². The average molecular weight is 280 g/mol. The molecule has 2 rings (SSSR count). The first-order chi connectivity index (χ1) is 8.54. The van der Waals surface area contributed by atoms with Crippen molar-refractivity contribution in [3.05, 3.63) is 41.7 Å². The summed E-state index contributed by atoms with van der Waals surface area (Å²) < 4.78 is 28.5. The van der Waals surface area contributed by atoms with Crippen molar-refractivity contribution < 1.29 is 8.42 Å². The SMILES string of the molecule is C/C=C/c1nsc(S(=O)(=O)c2ccc(C)cc2)n1. The Balaban J connectivity index is 2.44. The van der Waals surface area contributed by atoms with Crippen LogP contribution in [0.1, 0.15) is 18.3 Å². The summed E-state index contributed by atoms with van der Waals surface area (Å²) in [5, 5.41) is 0. The van der Waals surface area contributed by atoms with Gasteiger partial charge in [0.2, 0.25) is 14.2 Å². The van der Waals surface area contributed by atoms with E-state index in [2.05, 4.69) is 9.36 Å². The smallest absolute Gasteiger partial charge is 0.216 e. The van der Waals surface area contributed by atoms with E-state index in [1.807, 2.05) is 13.8 Å². The van der Waals surface area contributed by atoms with Crippen LogP contribution in [0.5, 0.6) is 0 Å². The molecule has 0 saturated carbocycles. The molecule has 1 heterocycles. The standard InChI is InChI=1S/C12H12N2O2S2/c1-3-4-11-13-12(17-14-11)18(15,16)10-7-5-9(2)6-8-10/h3-8H,1-2H3/b4-3+. The van der Waals surface area contributed by atoms with Crippen molar-refractivity contribution in [3.63, 3.8) is 0 Å². The number of aromatic nitrogens is 2. The number of aryl methyl sites for hydroxylation is 1. The molecule has 0 fully saturated rings. The third kappa shape index (κ3) is 2.49. The van der Waals surface area contributed by atoms with E-state index < -0.39 is 9.84 Å². The number of nitrogens with zero attached hydrogens (tertiary/aromatic N) is 2. The van der Waals surface area contributed by atoms with E-state index in [0.29, 0.717) is 5.82 Å². The van der Waals surface area contributed by atoms with Gasteiger partial charge in [0.1, 0.15) is 0 Å². The topological polar surface area (TPSA) is 59.9 Å². The molecule has 6 heteroatoms. The van der Waals surface area contributed by atoms with Crippen molar-refractivity contribution in [2.45, 2.75) is 23.1 Å². The van der Waals surface area contributed by atoms with Crippen molar-refractivity contribution in [2.75, 3.05) is 0 Å². The molecule has 18 heavy (non-hydrogen) atoms. The zero-order valence-electron chi connectivity index (χ0n) is 9.99. The highest BCUT2D eigenvalue weighted by Crippen LogP contribution is 2.22. The Kier molecular flexibility index (Phi) is 3.58. The predicted molar refractivity (Wildman–Crippen MR) is 71.2 cm³/mol. The lowest BCUT2D eigenvalue weighted by molar-refractivity contribution is 0.595. The van der Waals surface area contributed by atoms with Crippen molar-refractivity contribution in [1.29, 1.82) is 0 Å². The Morgan fingerprint density at radius 2 is 1.89 bits per heavy atom. The van der Waals surface area contributed by atoms with E-state index in [-0.39, 0.29) is 9.24 Å². The van der Waals surface area contributed by atoms with Gasteiger partial charge in [-0.15, -0.1) is 0 Å². The zero-order chi connectivity index (χ0) is 13.2. The molecule has 0 aliphatic heterocycles. The summed E-state index contributed by atoms with van der Waals surface area (Å²) in [4.78, 5) is 4.25. The third-order valence-electron chi connectivity index (χ3n) is 2.30. The van der Waals surface area contributed by atoms with Gasteiger partial charge < -0.3 is 0 Å². The second-order valence-corrected chi connectivity index (χ2v) is 6.61. The molecule has 0 saturated heterocycles. The van der Waals surface area contributed by atoms with Crippen LogP contribution in [0.3, 0.4) is 0 Å². The molecule has 0 aliphatic carbocycles. The first-order valence-electron chi connectivity index (χ1n) is 5.32. The van der Waals surface area contributed by atoms with Gasteiger partial charge in [0.05, 0.1) is 4.90 Å². The molecule has 0 N–H and O–H groups in total. The van der Waals surface area contributed by atoms with Gasteiger partial charge in [-0.1, -0.05) is 23.8 Å². The Bertz CT molecular complexity index is 670. The molecule has 0 unspecified atom stereocenters. The normalized spacial score (nSPS) is 12.1. The first kappa shape index (κ1) is 12.9. The average Bonchev–Trinajstić information content (AvgIpc) is 2.79. The van der Waals surface area contributed by atoms with Crippen molar-refractivity contribution in [3.8, 4) is 0 Å². The molecule has 0 radical (unpaired) electrons. The quantitative estimate of drug-likeness (QED) is 0.867. The molecule has 4 nitrogen and oxygen atoms in total. The molecule has 0 aliphatic rings. The summed E-state index contributed by atoms with van der Waals surface area (Å²) >= 11 is 0.895. The fourth-order valence-electron chi connectivity index (χ4n) is 1.36. The highest BCUT2D eigenvalue weighted by molar-refractivity contribution is 7.93. The van der Waals surface area contributed by atoms with Crippen molar-refractivity contribution in [1.82, 2.24) is 9.36 Å². The van der Waals surface area contributed by atoms with Crippen LogP contribution in [-0.4, -0.2) is 17.8 Å². The van der Waals surface area contributed by atoms with E-state index in [4.69, 9.17) is 0 Å².